The maximum Gasteiger partial charge on any atom is 0.256 e. The van der Waals surface area contributed by atoms with E-state index in [4.69, 9.17) is 4.74 Å². The van der Waals surface area contributed by atoms with Crippen LogP contribution in [0.4, 0.5) is 5.69 Å². The van der Waals surface area contributed by atoms with E-state index in [9.17, 15) is 4.79 Å². The molecule has 4 nitrogen and oxygen atoms in total. The first-order valence-corrected chi connectivity index (χ1v) is 8.41. The largest absolute Gasteiger partial charge is 0.379 e. The second-order valence-electron chi connectivity index (χ2n) is 6.27. The molecule has 0 saturated carbocycles. The molecular weight excluding hydrogens is 300 g/mol. The number of benzene rings is 2. The number of carbonyl (C=O) groups is 1. The quantitative estimate of drug-likeness (QED) is 0.937. The smallest absolute Gasteiger partial charge is 0.256 e. The average molecular weight is 324 g/mol. The fourth-order valence-electron chi connectivity index (χ4n) is 3.07. The van der Waals surface area contributed by atoms with Crippen molar-refractivity contribution in [1.29, 1.82) is 0 Å². The van der Waals surface area contributed by atoms with Crippen LogP contribution >= 0.6 is 0 Å². The summed E-state index contributed by atoms with van der Waals surface area (Å²) < 4.78 is 5.40. The Hall–Kier alpha value is -2.17. The maximum absolute atomic E-state index is 12.8. The van der Waals surface area contributed by atoms with Gasteiger partial charge in [0.25, 0.3) is 5.91 Å². The van der Waals surface area contributed by atoms with Gasteiger partial charge in [-0.05, 0) is 36.6 Å². The number of rotatable bonds is 4. The molecule has 126 valence electrons. The Morgan fingerprint density at radius 2 is 1.71 bits per heavy atom. The van der Waals surface area contributed by atoms with Crippen LogP contribution in [-0.4, -0.2) is 37.1 Å². The summed E-state index contributed by atoms with van der Waals surface area (Å²) in [6.07, 6.45) is 0. The lowest BCUT2D eigenvalue weighted by molar-refractivity contribution is 0.0341. The summed E-state index contributed by atoms with van der Waals surface area (Å²) in [5.41, 5.74) is 4.86. The third-order valence-corrected chi connectivity index (χ3v) is 4.48. The fraction of sp³-hybridized carbons (Fsp3) is 0.350. The second-order valence-corrected chi connectivity index (χ2v) is 6.27. The summed E-state index contributed by atoms with van der Waals surface area (Å²) in [6, 6.07) is 13.9. The number of nitrogens with zero attached hydrogens (tertiary/aromatic N) is 1. The van der Waals surface area contributed by atoms with Crippen LogP contribution in [-0.2, 0) is 11.3 Å². The summed E-state index contributed by atoms with van der Waals surface area (Å²) in [7, 11) is 0. The first-order chi connectivity index (χ1) is 11.6. The van der Waals surface area contributed by atoms with Crippen molar-refractivity contribution in [3.05, 3.63) is 64.7 Å². The van der Waals surface area contributed by atoms with Gasteiger partial charge < -0.3 is 10.1 Å². The lowest BCUT2D eigenvalue weighted by Gasteiger charge is -2.27. The maximum atomic E-state index is 12.8. The van der Waals surface area contributed by atoms with Crippen molar-refractivity contribution in [2.75, 3.05) is 31.6 Å². The Kier molecular flexibility index (Phi) is 5.28. The molecule has 1 N–H and O–H groups in total. The number of carbonyl (C=O) groups excluding carboxylic acids is 1. The van der Waals surface area contributed by atoms with Crippen molar-refractivity contribution in [3.8, 4) is 0 Å². The fourth-order valence-corrected chi connectivity index (χ4v) is 3.07. The Labute approximate surface area is 143 Å². The summed E-state index contributed by atoms with van der Waals surface area (Å²) >= 11 is 0. The summed E-state index contributed by atoms with van der Waals surface area (Å²) in [4.78, 5) is 15.2. The first-order valence-electron chi connectivity index (χ1n) is 8.41. The highest BCUT2D eigenvalue weighted by molar-refractivity contribution is 6.06. The molecule has 2 aromatic carbocycles. The van der Waals surface area contributed by atoms with E-state index in [1.165, 1.54) is 0 Å². The minimum atomic E-state index is -0.0451. The standard InChI is InChI=1S/C20H24N2O2/c1-15-6-5-7-16(2)19(15)21-20(23)18-9-4-3-8-17(18)14-22-10-12-24-13-11-22/h3-9H,10-14H2,1-2H3,(H,21,23). The van der Waals surface area contributed by atoms with Crippen molar-refractivity contribution in [2.45, 2.75) is 20.4 Å². The molecule has 1 aliphatic rings. The van der Waals surface area contributed by atoms with Crippen LogP contribution in [0.3, 0.4) is 0 Å². The predicted octanol–water partition coefficient (Wildman–Crippen LogP) is 3.39. The van der Waals surface area contributed by atoms with Crippen LogP contribution in [0.15, 0.2) is 42.5 Å². The number of amides is 1. The molecule has 24 heavy (non-hydrogen) atoms. The molecule has 1 saturated heterocycles. The number of para-hydroxylation sites is 1. The summed E-state index contributed by atoms with van der Waals surface area (Å²) in [5, 5.41) is 3.09. The highest BCUT2D eigenvalue weighted by Crippen LogP contribution is 2.21. The molecule has 1 aliphatic heterocycles. The van der Waals surface area contributed by atoms with E-state index in [1.54, 1.807) is 0 Å². The molecule has 3 rings (SSSR count). The van der Waals surface area contributed by atoms with Crippen molar-refractivity contribution in [2.24, 2.45) is 0 Å². The number of morpholine rings is 1. The molecule has 0 aliphatic carbocycles. The number of aryl methyl sites for hydroxylation is 2. The van der Waals surface area contributed by atoms with Crippen LogP contribution < -0.4 is 5.32 Å². The van der Waals surface area contributed by atoms with Gasteiger partial charge in [0.15, 0.2) is 0 Å². The van der Waals surface area contributed by atoms with Gasteiger partial charge in [-0.25, -0.2) is 0 Å². The third-order valence-electron chi connectivity index (χ3n) is 4.48. The van der Waals surface area contributed by atoms with E-state index < -0.39 is 0 Å². The van der Waals surface area contributed by atoms with Gasteiger partial charge in [0, 0.05) is 30.9 Å². The van der Waals surface area contributed by atoms with E-state index in [-0.39, 0.29) is 5.91 Å². The number of hydrogen-bond acceptors (Lipinski definition) is 3. The normalized spacial score (nSPS) is 15.2. The van der Waals surface area contributed by atoms with Crippen molar-refractivity contribution in [3.63, 3.8) is 0 Å². The van der Waals surface area contributed by atoms with Crippen molar-refractivity contribution in [1.82, 2.24) is 4.90 Å². The zero-order valence-electron chi connectivity index (χ0n) is 14.3. The molecule has 0 unspecified atom stereocenters. The van der Waals surface area contributed by atoms with E-state index in [1.807, 2.05) is 56.3 Å². The molecule has 0 spiro atoms. The van der Waals surface area contributed by atoms with Gasteiger partial charge in [0.2, 0.25) is 0 Å². The van der Waals surface area contributed by atoms with Crippen molar-refractivity contribution >= 4 is 11.6 Å². The Morgan fingerprint density at radius 1 is 1.04 bits per heavy atom. The van der Waals surface area contributed by atoms with Gasteiger partial charge in [0.1, 0.15) is 0 Å². The van der Waals surface area contributed by atoms with Gasteiger partial charge in [-0.2, -0.15) is 0 Å². The minimum Gasteiger partial charge on any atom is -0.379 e. The van der Waals surface area contributed by atoms with E-state index >= 15 is 0 Å². The van der Waals surface area contributed by atoms with Crippen LogP contribution in [0.2, 0.25) is 0 Å². The zero-order valence-corrected chi connectivity index (χ0v) is 14.3. The van der Waals surface area contributed by atoms with Gasteiger partial charge in [-0.15, -0.1) is 0 Å². The molecule has 1 fully saturated rings. The molecule has 0 radical (unpaired) electrons. The Balaban J connectivity index is 1.79. The zero-order chi connectivity index (χ0) is 16.9. The monoisotopic (exact) mass is 324 g/mol. The second kappa shape index (κ2) is 7.60. The highest BCUT2D eigenvalue weighted by Gasteiger charge is 2.17. The first kappa shape index (κ1) is 16.7. The minimum absolute atomic E-state index is 0.0451. The van der Waals surface area contributed by atoms with Crippen LogP contribution in [0, 0.1) is 13.8 Å². The number of nitrogens with one attached hydrogen (secondary N) is 1. The Bertz CT molecular complexity index is 701. The van der Waals surface area contributed by atoms with Gasteiger partial charge in [-0.3, -0.25) is 9.69 Å². The molecule has 1 amide bonds. The SMILES string of the molecule is Cc1cccc(C)c1NC(=O)c1ccccc1CN1CCOCC1. The van der Waals surface area contributed by atoms with Gasteiger partial charge in [-0.1, -0.05) is 36.4 Å². The summed E-state index contributed by atoms with van der Waals surface area (Å²) in [5.74, 6) is -0.0451. The number of anilines is 1. The number of ether oxygens (including phenoxy) is 1. The molecule has 4 heteroatoms. The third kappa shape index (κ3) is 3.83. The van der Waals surface area contributed by atoms with E-state index in [2.05, 4.69) is 10.2 Å². The topological polar surface area (TPSA) is 41.6 Å². The molecular formula is C20H24N2O2. The molecule has 0 aromatic heterocycles. The molecule has 2 aromatic rings. The number of hydrogen-bond donors (Lipinski definition) is 1. The molecule has 0 atom stereocenters. The molecule has 0 bridgehead atoms. The average Bonchev–Trinajstić information content (AvgIpc) is 2.59. The van der Waals surface area contributed by atoms with Crippen LogP contribution in [0.25, 0.3) is 0 Å². The van der Waals surface area contributed by atoms with Gasteiger partial charge in [0.05, 0.1) is 13.2 Å². The van der Waals surface area contributed by atoms with Crippen LogP contribution in [0.5, 0.6) is 0 Å². The summed E-state index contributed by atoms with van der Waals surface area (Å²) in [6.45, 7) is 8.15. The lowest BCUT2D eigenvalue weighted by Crippen LogP contribution is -2.36. The predicted molar refractivity (Wildman–Crippen MR) is 96.4 cm³/mol. The highest BCUT2D eigenvalue weighted by atomic mass is 16.5. The van der Waals surface area contributed by atoms with E-state index in [0.717, 1.165) is 60.8 Å². The van der Waals surface area contributed by atoms with Crippen molar-refractivity contribution < 1.29 is 9.53 Å². The van der Waals surface area contributed by atoms with E-state index in [0.29, 0.717) is 0 Å². The van der Waals surface area contributed by atoms with Crippen LogP contribution in [0.1, 0.15) is 27.0 Å². The lowest BCUT2D eigenvalue weighted by atomic mass is 10.0. The molecule has 1 heterocycles. The Morgan fingerprint density at radius 3 is 2.42 bits per heavy atom. The van der Waals surface area contributed by atoms with Gasteiger partial charge >= 0.3 is 0 Å².